The van der Waals surface area contributed by atoms with Gasteiger partial charge >= 0.3 is 0 Å². The highest BCUT2D eigenvalue weighted by molar-refractivity contribution is 5.97. The second-order valence-electron chi connectivity index (χ2n) is 12.5. The van der Waals surface area contributed by atoms with Crippen molar-refractivity contribution in [2.75, 3.05) is 38.0 Å². The molecule has 3 aliphatic rings. The smallest absolute Gasteiger partial charge is 0.253 e. The van der Waals surface area contributed by atoms with Crippen LogP contribution in [0.25, 0.3) is 0 Å². The van der Waals surface area contributed by atoms with Crippen LogP contribution in [0, 0.1) is 0 Å². The zero-order valence-electron chi connectivity index (χ0n) is 25.0. The summed E-state index contributed by atoms with van der Waals surface area (Å²) in [5.41, 5.74) is 2.84. The minimum atomic E-state index is -0.814. The topological polar surface area (TPSA) is 91.4 Å². The molecule has 43 heavy (non-hydrogen) atoms. The van der Waals surface area contributed by atoms with Gasteiger partial charge in [0.15, 0.2) is 11.5 Å². The third-order valence-corrected chi connectivity index (χ3v) is 8.72. The van der Waals surface area contributed by atoms with E-state index in [2.05, 4.69) is 31.0 Å². The minimum Gasteiger partial charge on any atom is -0.454 e. The maximum Gasteiger partial charge on any atom is 0.253 e. The van der Waals surface area contributed by atoms with Gasteiger partial charge in [0, 0.05) is 30.9 Å². The van der Waals surface area contributed by atoms with E-state index in [1.807, 2.05) is 77.7 Å². The van der Waals surface area contributed by atoms with Crippen LogP contribution in [0.2, 0.25) is 0 Å². The zero-order valence-corrected chi connectivity index (χ0v) is 25.0. The molecular weight excluding hydrogens is 544 g/mol. The van der Waals surface area contributed by atoms with Crippen LogP contribution in [0.1, 0.15) is 55.1 Å². The molecule has 0 atom stereocenters. The molecule has 1 spiro atoms. The van der Waals surface area contributed by atoms with Crippen molar-refractivity contribution in [3.05, 3.63) is 89.5 Å². The van der Waals surface area contributed by atoms with Crippen molar-refractivity contribution in [1.29, 1.82) is 0 Å². The van der Waals surface area contributed by atoms with Crippen LogP contribution in [-0.2, 0) is 21.5 Å². The number of fused-ring (bicyclic) bond motifs is 1. The van der Waals surface area contributed by atoms with Crippen LogP contribution < -0.4 is 19.7 Å². The first kappa shape index (κ1) is 28.6. The molecule has 9 heteroatoms. The predicted octanol–water partition coefficient (Wildman–Crippen LogP) is 4.31. The van der Waals surface area contributed by atoms with Crippen molar-refractivity contribution in [2.45, 2.75) is 51.1 Å². The van der Waals surface area contributed by atoms with Gasteiger partial charge in [0.25, 0.3) is 11.8 Å². The number of nitrogens with zero attached hydrogens (tertiary/aromatic N) is 3. The number of benzene rings is 3. The monoisotopic (exact) mass is 582 g/mol. The number of carbonyl (C=O) groups is 3. The van der Waals surface area contributed by atoms with Crippen molar-refractivity contribution >= 4 is 23.4 Å². The highest BCUT2D eigenvalue weighted by Gasteiger charge is 2.54. The van der Waals surface area contributed by atoms with Crippen molar-refractivity contribution in [3.8, 4) is 11.5 Å². The van der Waals surface area contributed by atoms with Gasteiger partial charge < -0.3 is 29.5 Å². The molecule has 6 rings (SSSR count). The number of carbonyl (C=O) groups excluding carboxylic acids is 3. The lowest BCUT2D eigenvalue weighted by Gasteiger charge is -2.43. The van der Waals surface area contributed by atoms with E-state index in [4.69, 9.17) is 9.47 Å². The Balaban J connectivity index is 1.13. The first-order chi connectivity index (χ1) is 20.6. The lowest BCUT2D eigenvalue weighted by atomic mass is 9.84. The summed E-state index contributed by atoms with van der Waals surface area (Å²) in [4.78, 5) is 46.1. The quantitative estimate of drug-likeness (QED) is 0.466. The van der Waals surface area contributed by atoms with Crippen LogP contribution in [-0.4, -0.2) is 66.2 Å². The maximum atomic E-state index is 14.1. The molecule has 3 heterocycles. The molecule has 0 radical (unpaired) electrons. The zero-order chi connectivity index (χ0) is 30.2. The summed E-state index contributed by atoms with van der Waals surface area (Å²) < 4.78 is 10.8. The van der Waals surface area contributed by atoms with E-state index in [9.17, 15) is 14.4 Å². The second kappa shape index (κ2) is 11.3. The van der Waals surface area contributed by atoms with Gasteiger partial charge in [-0.15, -0.1) is 0 Å². The molecule has 0 bridgehead atoms. The number of amides is 3. The third-order valence-electron chi connectivity index (χ3n) is 8.72. The summed E-state index contributed by atoms with van der Waals surface area (Å²) in [7, 11) is 0. The third kappa shape index (κ3) is 5.63. The van der Waals surface area contributed by atoms with Crippen molar-refractivity contribution < 1.29 is 23.9 Å². The highest BCUT2D eigenvalue weighted by Crippen LogP contribution is 2.40. The molecule has 3 aromatic rings. The predicted molar refractivity (Wildman–Crippen MR) is 163 cm³/mol. The van der Waals surface area contributed by atoms with E-state index in [0.29, 0.717) is 56.2 Å². The Hall–Kier alpha value is -4.53. The summed E-state index contributed by atoms with van der Waals surface area (Å²) in [5, 5.41) is 2.94. The molecule has 1 N–H and O–H groups in total. The molecule has 3 aromatic carbocycles. The Morgan fingerprint density at radius 3 is 2.30 bits per heavy atom. The Kier molecular flexibility index (Phi) is 7.50. The fourth-order valence-corrected chi connectivity index (χ4v) is 6.18. The second-order valence-corrected chi connectivity index (χ2v) is 12.5. The number of hydrogen-bond donors (Lipinski definition) is 1. The van der Waals surface area contributed by atoms with Crippen LogP contribution in [0.4, 0.5) is 5.69 Å². The standard InChI is InChI=1S/C34H38N4O5/c1-33(2,3)26-12-10-25(11-13-26)31(40)36-17-15-34(16-18-36)32(41)37(22-38(34)27-7-5-4-6-8-27)21-30(39)35-20-24-9-14-28-29(19-24)43-23-42-28/h4-14,19H,15-18,20-23H2,1-3H3,(H,35,39). The van der Waals surface area contributed by atoms with E-state index < -0.39 is 5.54 Å². The molecule has 3 aliphatic heterocycles. The van der Waals surface area contributed by atoms with Gasteiger partial charge in [-0.3, -0.25) is 14.4 Å². The van der Waals surface area contributed by atoms with Crippen LogP contribution in [0.5, 0.6) is 11.5 Å². The van der Waals surface area contributed by atoms with Gasteiger partial charge in [-0.2, -0.15) is 0 Å². The highest BCUT2D eigenvalue weighted by atomic mass is 16.7. The van der Waals surface area contributed by atoms with Crippen LogP contribution in [0.3, 0.4) is 0 Å². The SMILES string of the molecule is CC(C)(C)c1ccc(C(=O)N2CCC3(CC2)C(=O)N(CC(=O)NCc2ccc4c(c2)OCO4)CN3c2ccccc2)cc1. The minimum absolute atomic E-state index is 0.0114. The summed E-state index contributed by atoms with van der Waals surface area (Å²) in [5.74, 6) is 1.02. The Bertz CT molecular complexity index is 1510. The summed E-state index contributed by atoms with van der Waals surface area (Å²) >= 11 is 0. The number of ether oxygens (including phenoxy) is 2. The van der Waals surface area contributed by atoms with E-state index in [1.54, 1.807) is 4.90 Å². The summed E-state index contributed by atoms with van der Waals surface area (Å²) in [6.45, 7) is 8.14. The van der Waals surface area contributed by atoms with Gasteiger partial charge in [0.2, 0.25) is 12.7 Å². The first-order valence-electron chi connectivity index (χ1n) is 14.8. The molecular formula is C34H38N4O5. The largest absolute Gasteiger partial charge is 0.454 e. The molecule has 2 saturated heterocycles. The van der Waals surface area contributed by atoms with Crippen molar-refractivity contribution in [1.82, 2.24) is 15.1 Å². The lowest BCUT2D eigenvalue weighted by Crippen LogP contribution is -2.57. The number of rotatable bonds is 6. The van der Waals surface area contributed by atoms with Gasteiger partial charge in [-0.25, -0.2) is 0 Å². The molecule has 3 amide bonds. The van der Waals surface area contributed by atoms with Crippen molar-refractivity contribution in [3.63, 3.8) is 0 Å². The van der Waals surface area contributed by atoms with E-state index >= 15 is 0 Å². The van der Waals surface area contributed by atoms with Crippen LogP contribution in [0.15, 0.2) is 72.8 Å². The average molecular weight is 583 g/mol. The average Bonchev–Trinajstić information content (AvgIpc) is 3.59. The number of hydrogen-bond acceptors (Lipinski definition) is 6. The Labute approximate surface area is 252 Å². The number of para-hydroxylation sites is 1. The molecule has 0 unspecified atom stereocenters. The number of likely N-dealkylation sites (tertiary alicyclic amines) is 1. The normalized spacial score (nSPS) is 17.5. The fourth-order valence-electron chi connectivity index (χ4n) is 6.18. The van der Waals surface area contributed by atoms with Crippen LogP contribution >= 0.6 is 0 Å². The summed E-state index contributed by atoms with van der Waals surface area (Å²) in [6.07, 6.45) is 0.976. The number of anilines is 1. The first-order valence-corrected chi connectivity index (χ1v) is 14.8. The number of nitrogens with one attached hydrogen (secondary N) is 1. The molecule has 0 aromatic heterocycles. The van der Waals surface area contributed by atoms with Gasteiger partial charge in [-0.1, -0.05) is 57.2 Å². The molecule has 9 nitrogen and oxygen atoms in total. The Morgan fingerprint density at radius 2 is 1.60 bits per heavy atom. The van der Waals surface area contributed by atoms with Gasteiger partial charge in [0.05, 0.1) is 6.67 Å². The lowest BCUT2D eigenvalue weighted by molar-refractivity contribution is -0.137. The maximum absolute atomic E-state index is 14.1. The molecule has 2 fully saturated rings. The summed E-state index contributed by atoms with van der Waals surface area (Å²) in [6, 6.07) is 23.2. The fraction of sp³-hybridized carbons (Fsp3) is 0.382. The molecule has 0 aliphatic carbocycles. The van der Waals surface area contributed by atoms with Crippen molar-refractivity contribution in [2.24, 2.45) is 0 Å². The molecule has 0 saturated carbocycles. The van der Waals surface area contributed by atoms with E-state index in [0.717, 1.165) is 11.3 Å². The van der Waals surface area contributed by atoms with Gasteiger partial charge in [0.1, 0.15) is 12.1 Å². The molecule has 224 valence electrons. The van der Waals surface area contributed by atoms with E-state index in [1.165, 1.54) is 5.56 Å². The Morgan fingerprint density at radius 1 is 0.907 bits per heavy atom. The van der Waals surface area contributed by atoms with E-state index in [-0.39, 0.29) is 36.5 Å². The number of piperidine rings is 1. The van der Waals surface area contributed by atoms with Gasteiger partial charge in [-0.05, 0) is 65.8 Å².